The van der Waals surface area contributed by atoms with E-state index in [9.17, 15) is 39.0 Å². The summed E-state index contributed by atoms with van der Waals surface area (Å²) in [6, 6.07) is 13.0. The Balaban J connectivity index is 1.63. The number of aromatic nitrogens is 2. The zero-order valence-corrected chi connectivity index (χ0v) is 37.3. The van der Waals surface area contributed by atoms with Crippen LogP contribution < -0.4 is 61.0 Å². The molecule has 4 aromatic rings. The number of nitrogens with one attached hydrogen (secondary N) is 6. The third kappa shape index (κ3) is 18.3. The zero-order chi connectivity index (χ0) is 49.6. The molecule has 20 N–H and O–H groups in total. The predicted molar refractivity (Wildman–Crippen MR) is 253 cm³/mol. The van der Waals surface area contributed by atoms with Gasteiger partial charge in [-0.2, -0.15) is 0 Å². The van der Waals surface area contributed by atoms with Crippen molar-refractivity contribution in [3.8, 4) is 11.5 Å². The van der Waals surface area contributed by atoms with Crippen molar-refractivity contribution >= 4 is 47.4 Å². The number of nitrogens with zero attached hydrogens (tertiary/aromatic N) is 3. The predicted octanol–water partition coefficient (Wildman–Crippen LogP) is -2.56. The van der Waals surface area contributed by atoms with E-state index in [1.807, 2.05) is 0 Å². The maximum atomic E-state index is 14.5. The molecule has 364 valence electrons. The van der Waals surface area contributed by atoms with E-state index >= 15 is 0 Å². The molecule has 6 amide bonds. The van der Waals surface area contributed by atoms with Gasteiger partial charge >= 0.3 is 0 Å². The molecular formula is C45H61N15O8. The second-order valence-electron chi connectivity index (χ2n) is 15.9. The maximum absolute atomic E-state index is 14.5. The van der Waals surface area contributed by atoms with Gasteiger partial charge in [-0.25, -0.2) is 4.98 Å². The van der Waals surface area contributed by atoms with Gasteiger partial charge in [0.15, 0.2) is 11.9 Å². The van der Waals surface area contributed by atoms with Gasteiger partial charge in [-0.3, -0.25) is 38.8 Å². The number of hydrogen-bond acceptors (Lipinski definition) is 12. The number of carbonyl (C=O) groups is 6. The molecule has 0 aliphatic carbocycles. The lowest BCUT2D eigenvalue weighted by molar-refractivity contribution is -0.135. The quantitative estimate of drug-likeness (QED) is 0.0166. The molecule has 0 aliphatic heterocycles. The summed E-state index contributed by atoms with van der Waals surface area (Å²) >= 11 is 0. The Labute approximate surface area is 392 Å². The first kappa shape index (κ1) is 52.4. The molecule has 68 heavy (non-hydrogen) atoms. The van der Waals surface area contributed by atoms with Crippen LogP contribution in [0.2, 0.25) is 0 Å². The van der Waals surface area contributed by atoms with Gasteiger partial charge in [0.25, 0.3) is 0 Å². The minimum Gasteiger partial charge on any atom is -0.508 e. The Hall–Kier alpha value is -8.21. The number of amides is 6. The van der Waals surface area contributed by atoms with Crippen molar-refractivity contribution in [2.24, 2.45) is 44.4 Å². The minimum atomic E-state index is -1.41. The Morgan fingerprint density at radius 1 is 0.529 bits per heavy atom. The molecule has 23 nitrogen and oxygen atoms in total. The average molecular weight is 940 g/mol. The molecule has 3 aromatic carbocycles. The SMILES string of the molecule is NC(=O)[C@H](Cc1ccccc1)NC(=O)[C@H](Cc1cnc[nH]1)NC(=O)[C@H](CCCN=C(N)N)NC(=O)[C@@H](Cc1ccc(O)cc1)NC(=O)[C@H](Cc1ccc(O)cc1)NC(=O)[C@@H](N)CCCN=C(N)N. The van der Waals surface area contributed by atoms with Crippen molar-refractivity contribution in [3.05, 3.63) is 114 Å². The number of phenolic OH excluding ortho intramolecular Hbond substituents is 2. The molecule has 1 aromatic heterocycles. The molecule has 0 fully saturated rings. The number of aromatic hydroxyl groups is 2. The summed E-state index contributed by atoms with van der Waals surface area (Å²) in [6.45, 7) is 0.271. The second-order valence-corrected chi connectivity index (χ2v) is 15.9. The number of benzene rings is 3. The van der Waals surface area contributed by atoms with Gasteiger partial charge < -0.3 is 76.2 Å². The van der Waals surface area contributed by atoms with Crippen LogP contribution in [0.1, 0.15) is 48.1 Å². The van der Waals surface area contributed by atoms with Crippen molar-refractivity contribution in [2.45, 2.75) is 87.6 Å². The third-order valence-corrected chi connectivity index (χ3v) is 10.5. The van der Waals surface area contributed by atoms with Crippen LogP contribution in [0.4, 0.5) is 0 Å². The van der Waals surface area contributed by atoms with E-state index in [-0.39, 0.29) is 81.5 Å². The van der Waals surface area contributed by atoms with Gasteiger partial charge in [-0.1, -0.05) is 54.6 Å². The number of hydrogen-bond donors (Lipinski definition) is 14. The van der Waals surface area contributed by atoms with Crippen molar-refractivity contribution in [1.29, 1.82) is 0 Å². The lowest BCUT2D eigenvalue weighted by Crippen LogP contribution is -2.60. The molecule has 0 radical (unpaired) electrons. The lowest BCUT2D eigenvalue weighted by atomic mass is 10.0. The Kier molecular flexibility index (Phi) is 20.6. The Morgan fingerprint density at radius 2 is 0.941 bits per heavy atom. The molecule has 23 heteroatoms. The first-order valence-corrected chi connectivity index (χ1v) is 21.7. The summed E-state index contributed by atoms with van der Waals surface area (Å²) in [5.41, 5.74) is 35.9. The van der Waals surface area contributed by atoms with Crippen LogP contribution in [-0.2, 0) is 54.5 Å². The van der Waals surface area contributed by atoms with Crippen molar-refractivity contribution < 1.29 is 39.0 Å². The fraction of sp³-hybridized carbons (Fsp3) is 0.356. The van der Waals surface area contributed by atoms with E-state index in [1.54, 1.807) is 42.5 Å². The average Bonchev–Trinajstić information content (AvgIpc) is 3.82. The first-order valence-electron chi connectivity index (χ1n) is 21.7. The summed E-state index contributed by atoms with van der Waals surface area (Å²) in [7, 11) is 0. The van der Waals surface area contributed by atoms with E-state index in [4.69, 9.17) is 34.4 Å². The van der Waals surface area contributed by atoms with Gasteiger partial charge in [0, 0.05) is 50.7 Å². The highest BCUT2D eigenvalue weighted by molar-refractivity contribution is 5.97. The van der Waals surface area contributed by atoms with Gasteiger partial charge in [0.05, 0.1) is 12.4 Å². The van der Waals surface area contributed by atoms with E-state index in [1.165, 1.54) is 48.9 Å². The number of aromatic amines is 1. The number of carbonyl (C=O) groups excluding carboxylic acids is 6. The number of phenols is 2. The molecule has 0 unspecified atom stereocenters. The van der Waals surface area contributed by atoms with Crippen LogP contribution in [0, 0.1) is 0 Å². The van der Waals surface area contributed by atoms with E-state index in [0.29, 0.717) is 23.2 Å². The number of aliphatic imine (C=N–C) groups is 2. The van der Waals surface area contributed by atoms with Crippen molar-refractivity contribution in [2.75, 3.05) is 13.1 Å². The minimum absolute atomic E-state index is 0.0321. The van der Waals surface area contributed by atoms with Crippen LogP contribution in [0.25, 0.3) is 0 Å². The highest BCUT2D eigenvalue weighted by Crippen LogP contribution is 2.15. The number of imidazole rings is 1. The van der Waals surface area contributed by atoms with Crippen molar-refractivity contribution in [1.82, 2.24) is 36.6 Å². The van der Waals surface area contributed by atoms with E-state index < -0.39 is 71.7 Å². The number of guanidine groups is 2. The molecule has 0 saturated carbocycles. The number of rotatable bonds is 27. The zero-order valence-electron chi connectivity index (χ0n) is 37.3. The van der Waals surface area contributed by atoms with Crippen molar-refractivity contribution in [3.63, 3.8) is 0 Å². The monoisotopic (exact) mass is 939 g/mol. The molecule has 4 rings (SSSR count). The fourth-order valence-corrected chi connectivity index (χ4v) is 6.84. The van der Waals surface area contributed by atoms with E-state index in [0.717, 1.165) is 5.56 Å². The molecule has 0 bridgehead atoms. The third-order valence-electron chi connectivity index (χ3n) is 10.5. The highest BCUT2D eigenvalue weighted by Gasteiger charge is 2.33. The van der Waals surface area contributed by atoms with Crippen LogP contribution in [0.5, 0.6) is 11.5 Å². The normalized spacial score (nSPS) is 13.5. The Morgan fingerprint density at radius 3 is 1.41 bits per heavy atom. The van der Waals surface area contributed by atoms with E-state index in [2.05, 4.69) is 46.5 Å². The largest absolute Gasteiger partial charge is 0.508 e. The Bertz CT molecular complexity index is 2320. The van der Waals surface area contributed by atoms with Crippen LogP contribution in [-0.4, -0.2) is 117 Å². The molecule has 0 aliphatic rings. The standard InChI is InChI=1S/C45H61N15O8/c46-32(8-4-18-53-44(48)49)39(64)58-35(21-27-10-14-30(61)15-11-27)42(67)59-36(22-28-12-16-31(62)17-13-28)41(66)56-33(9-5-19-54-45(50)51)40(65)60-37(23-29-24-52-25-55-29)43(68)57-34(38(47)63)20-26-6-2-1-3-7-26/h1-3,6-7,10-17,24-25,32-37,61-62H,4-5,8-9,18-23,46H2,(H2,47,63)(H,52,55)(H,56,66)(H,57,68)(H,58,64)(H,59,67)(H,60,65)(H4,48,49,53)(H4,50,51,54)/t32-,33-,34-,35-,36+,37-/m0/s1. The molecule has 1 heterocycles. The van der Waals surface area contributed by atoms with Gasteiger partial charge in [0.2, 0.25) is 35.4 Å². The summed E-state index contributed by atoms with van der Waals surface area (Å²) in [5, 5.41) is 33.3. The fourth-order valence-electron chi connectivity index (χ4n) is 6.84. The maximum Gasteiger partial charge on any atom is 0.243 e. The number of primary amides is 1. The lowest BCUT2D eigenvalue weighted by Gasteiger charge is -2.27. The molecule has 0 spiro atoms. The highest BCUT2D eigenvalue weighted by atomic mass is 16.3. The van der Waals surface area contributed by atoms with Gasteiger partial charge in [-0.15, -0.1) is 0 Å². The first-order chi connectivity index (χ1) is 32.5. The summed E-state index contributed by atoms with van der Waals surface area (Å²) in [5.74, 6) is -5.13. The smallest absolute Gasteiger partial charge is 0.243 e. The second kappa shape index (κ2) is 26.7. The number of H-pyrrole nitrogens is 1. The van der Waals surface area contributed by atoms with Crippen LogP contribution >= 0.6 is 0 Å². The van der Waals surface area contributed by atoms with Crippen LogP contribution in [0.15, 0.2) is 101 Å². The van der Waals surface area contributed by atoms with Gasteiger partial charge in [0.1, 0.15) is 41.7 Å². The van der Waals surface area contributed by atoms with Crippen LogP contribution in [0.3, 0.4) is 0 Å². The summed E-state index contributed by atoms with van der Waals surface area (Å²) in [6.07, 6.45) is 3.15. The van der Waals surface area contributed by atoms with Gasteiger partial charge in [-0.05, 0) is 66.6 Å². The number of nitrogens with two attached hydrogens (primary N) is 6. The topological polar surface area (TPSA) is 413 Å². The summed E-state index contributed by atoms with van der Waals surface area (Å²) < 4.78 is 0. The summed E-state index contributed by atoms with van der Waals surface area (Å²) in [4.78, 5) is 97.8. The molecule has 6 atom stereocenters. The molecule has 0 saturated heterocycles. The molecular weight excluding hydrogens is 879 g/mol.